The molecule has 2 N–H and O–H groups in total. The van der Waals surface area contributed by atoms with Crippen molar-refractivity contribution in [3.8, 4) is 0 Å². The number of aliphatic hydroxyl groups excluding tert-OH is 1. The molecule has 1 aromatic rings. The van der Waals surface area contributed by atoms with Crippen molar-refractivity contribution in [1.29, 1.82) is 0 Å². The fraction of sp³-hybridized carbons (Fsp3) is 0.562. The SMILES string of the molecule is CCN(Cc1cccc(Cl)c1)C(=O)NC1CCC(O)CC1. The maximum Gasteiger partial charge on any atom is 0.317 e. The largest absolute Gasteiger partial charge is 0.393 e. The molecule has 0 saturated heterocycles. The Bertz CT molecular complexity index is 473. The normalized spacial score (nSPS) is 21.9. The molecule has 21 heavy (non-hydrogen) atoms. The first-order chi connectivity index (χ1) is 10.1. The summed E-state index contributed by atoms with van der Waals surface area (Å²) < 4.78 is 0. The molecular formula is C16H23ClN2O2. The molecule has 0 heterocycles. The van der Waals surface area contributed by atoms with E-state index in [2.05, 4.69) is 5.32 Å². The van der Waals surface area contributed by atoms with Crippen molar-refractivity contribution in [2.45, 2.75) is 51.3 Å². The Kier molecular flexibility index (Phi) is 5.88. The molecule has 5 heteroatoms. The average molecular weight is 311 g/mol. The summed E-state index contributed by atoms with van der Waals surface area (Å²) in [5.74, 6) is 0. The number of rotatable bonds is 4. The van der Waals surface area contributed by atoms with Crippen molar-refractivity contribution in [3.05, 3.63) is 34.9 Å². The molecule has 116 valence electrons. The monoisotopic (exact) mass is 310 g/mol. The van der Waals surface area contributed by atoms with Gasteiger partial charge in [-0.3, -0.25) is 0 Å². The van der Waals surface area contributed by atoms with Gasteiger partial charge in [0.2, 0.25) is 0 Å². The maximum atomic E-state index is 12.3. The molecule has 1 saturated carbocycles. The van der Waals surface area contributed by atoms with Gasteiger partial charge in [-0.05, 0) is 50.3 Å². The van der Waals surface area contributed by atoms with E-state index < -0.39 is 0 Å². The number of hydrogen-bond donors (Lipinski definition) is 2. The number of urea groups is 1. The van der Waals surface area contributed by atoms with E-state index in [1.807, 2.05) is 31.2 Å². The molecular weight excluding hydrogens is 288 g/mol. The Morgan fingerprint density at radius 1 is 1.38 bits per heavy atom. The van der Waals surface area contributed by atoms with Crippen LogP contribution in [0.25, 0.3) is 0 Å². The van der Waals surface area contributed by atoms with Gasteiger partial charge in [-0.1, -0.05) is 23.7 Å². The topological polar surface area (TPSA) is 52.6 Å². The van der Waals surface area contributed by atoms with Crippen LogP contribution in [0.2, 0.25) is 5.02 Å². The quantitative estimate of drug-likeness (QED) is 0.897. The number of amides is 2. The minimum atomic E-state index is -0.202. The minimum Gasteiger partial charge on any atom is -0.393 e. The van der Waals surface area contributed by atoms with Crippen molar-refractivity contribution in [2.75, 3.05) is 6.54 Å². The van der Waals surface area contributed by atoms with Gasteiger partial charge in [0.1, 0.15) is 0 Å². The maximum absolute atomic E-state index is 12.3. The van der Waals surface area contributed by atoms with E-state index in [1.165, 1.54) is 0 Å². The molecule has 0 radical (unpaired) electrons. The second-order valence-corrected chi connectivity index (χ2v) is 6.04. The lowest BCUT2D eigenvalue weighted by Gasteiger charge is -2.29. The highest BCUT2D eigenvalue weighted by atomic mass is 35.5. The number of aliphatic hydroxyl groups is 1. The van der Waals surface area contributed by atoms with Crippen LogP contribution < -0.4 is 5.32 Å². The number of benzene rings is 1. The Hall–Kier alpha value is -1.26. The van der Waals surface area contributed by atoms with Gasteiger partial charge in [-0.15, -0.1) is 0 Å². The summed E-state index contributed by atoms with van der Waals surface area (Å²) in [6.07, 6.45) is 3.03. The number of nitrogens with one attached hydrogen (secondary N) is 1. The van der Waals surface area contributed by atoms with Gasteiger partial charge in [0.05, 0.1) is 6.10 Å². The predicted molar refractivity (Wildman–Crippen MR) is 84.3 cm³/mol. The Morgan fingerprint density at radius 3 is 2.71 bits per heavy atom. The molecule has 1 aliphatic carbocycles. The molecule has 0 atom stereocenters. The lowest BCUT2D eigenvalue weighted by molar-refractivity contribution is 0.115. The van der Waals surface area contributed by atoms with Crippen LogP contribution in [0.5, 0.6) is 0 Å². The standard InChI is InChI=1S/C16H23ClN2O2/c1-2-19(11-12-4-3-5-13(17)10-12)16(21)18-14-6-8-15(20)9-7-14/h3-5,10,14-15,20H,2,6-9,11H2,1H3,(H,18,21). The third-order valence-corrected chi connectivity index (χ3v) is 4.19. The number of carbonyl (C=O) groups excluding carboxylic acids is 1. The summed E-state index contributed by atoms with van der Waals surface area (Å²) in [7, 11) is 0. The van der Waals surface area contributed by atoms with Crippen LogP contribution in [0, 0.1) is 0 Å². The second kappa shape index (κ2) is 7.66. The Labute approximate surface area is 131 Å². The molecule has 0 spiro atoms. The van der Waals surface area contributed by atoms with E-state index in [0.717, 1.165) is 31.2 Å². The van der Waals surface area contributed by atoms with Crippen molar-refractivity contribution in [1.82, 2.24) is 10.2 Å². The summed E-state index contributed by atoms with van der Waals surface area (Å²) in [5.41, 5.74) is 1.03. The highest BCUT2D eigenvalue weighted by Gasteiger charge is 2.22. The summed E-state index contributed by atoms with van der Waals surface area (Å²) in [6, 6.07) is 7.71. The van der Waals surface area contributed by atoms with Crippen LogP contribution >= 0.6 is 11.6 Å². The molecule has 0 aromatic heterocycles. The molecule has 2 amide bonds. The van der Waals surface area contributed by atoms with Crippen molar-refractivity contribution in [2.24, 2.45) is 0 Å². The highest BCUT2D eigenvalue weighted by Crippen LogP contribution is 2.19. The first-order valence-corrected chi connectivity index (χ1v) is 7.94. The van der Waals surface area contributed by atoms with Gasteiger partial charge < -0.3 is 15.3 Å². The van der Waals surface area contributed by atoms with Crippen LogP contribution in [0.3, 0.4) is 0 Å². The highest BCUT2D eigenvalue weighted by molar-refractivity contribution is 6.30. The molecule has 1 fully saturated rings. The lowest BCUT2D eigenvalue weighted by Crippen LogP contribution is -2.46. The van der Waals surface area contributed by atoms with Crippen LogP contribution in [-0.2, 0) is 6.54 Å². The first-order valence-electron chi connectivity index (χ1n) is 7.56. The molecule has 0 unspecified atom stereocenters. The second-order valence-electron chi connectivity index (χ2n) is 5.60. The fourth-order valence-electron chi connectivity index (χ4n) is 2.67. The molecule has 4 nitrogen and oxygen atoms in total. The van der Waals surface area contributed by atoms with E-state index >= 15 is 0 Å². The Morgan fingerprint density at radius 2 is 2.10 bits per heavy atom. The van der Waals surface area contributed by atoms with Crippen LogP contribution in [0.1, 0.15) is 38.2 Å². The third-order valence-electron chi connectivity index (χ3n) is 3.96. The Balaban J connectivity index is 1.89. The van der Waals surface area contributed by atoms with Crippen molar-refractivity contribution >= 4 is 17.6 Å². The van der Waals surface area contributed by atoms with Gasteiger partial charge in [0.25, 0.3) is 0 Å². The van der Waals surface area contributed by atoms with Crippen LogP contribution in [0.4, 0.5) is 4.79 Å². The molecule has 2 rings (SSSR count). The summed E-state index contributed by atoms with van der Waals surface area (Å²) in [6.45, 7) is 3.17. The van der Waals surface area contributed by atoms with E-state index in [9.17, 15) is 9.90 Å². The van der Waals surface area contributed by atoms with E-state index in [-0.39, 0.29) is 18.2 Å². The zero-order chi connectivity index (χ0) is 15.2. The summed E-state index contributed by atoms with van der Waals surface area (Å²) in [5, 5.41) is 13.3. The zero-order valence-electron chi connectivity index (χ0n) is 12.4. The van der Waals surface area contributed by atoms with Gasteiger partial charge in [0.15, 0.2) is 0 Å². The van der Waals surface area contributed by atoms with Gasteiger partial charge >= 0.3 is 6.03 Å². The van der Waals surface area contributed by atoms with E-state index in [1.54, 1.807) is 4.90 Å². The average Bonchev–Trinajstić information content (AvgIpc) is 2.47. The summed E-state index contributed by atoms with van der Waals surface area (Å²) >= 11 is 5.98. The predicted octanol–water partition coefficient (Wildman–Crippen LogP) is 3.18. The van der Waals surface area contributed by atoms with E-state index in [4.69, 9.17) is 11.6 Å². The van der Waals surface area contributed by atoms with Gasteiger partial charge in [-0.2, -0.15) is 0 Å². The first kappa shape index (κ1) is 16.1. The number of carbonyl (C=O) groups is 1. The van der Waals surface area contributed by atoms with Crippen molar-refractivity contribution < 1.29 is 9.90 Å². The molecule has 1 aliphatic rings. The number of halogens is 1. The van der Waals surface area contributed by atoms with Crippen LogP contribution in [0.15, 0.2) is 24.3 Å². The molecule has 1 aromatic carbocycles. The van der Waals surface area contributed by atoms with Gasteiger partial charge in [-0.25, -0.2) is 4.79 Å². The lowest BCUT2D eigenvalue weighted by atomic mass is 9.93. The van der Waals surface area contributed by atoms with E-state index in [0.29, 0.717) is 18.1 Å². The molecule has 0 bridgehead atoms. The zero-order valence-corrected chi connectivity index (χ0v) is 13.1. The van der Waals surface area contributed by atoms with Gasteiger partial charge in [0, 0.05) is 24.2 Å². The number of nitrogens with zero attached hydrogens (tertiary/aromatic N) is 1. The number of hydrogen-bond acceptors (Lipinski definition) is 2. The third kappa shape index (κ3) is 4.90. The minimum absolute atomic E-state index is 0.0427. The van der Waals surface area contributed by atoms with Crippen LogP contribution in [-0.4, -0.2) is 34.7 Å². The summed E-state index contributed by atoms with van der Waals surface area (Å²) in [4.78, 5) is 14.1. The molecule has 0 aliphatic heterocycles. The fourth-order valence-corrected chi connectivity index (χ4v) is 2.88. The van der Waals surface area contributed by atoms with Crippen molar-refractivity contribution in [3.63, 3.8) is 0 Å². The smallest absolute Gasteiger partial charge is 0.317 e.